The molecule has 1 aliphatic carbocycles. The van der Waals surface area contributed by atoms with Crippen LogP contribution in [-0.4, -0.2) is 29.3 Å². The Morgan fingerprint density at radius 3 is 2.93 bits per heavy atom. The molecule has 0 radical (unpaired) electrons. The second kappa shape index (κ2) is 3.85. The SMILES string of the molecule is CCC1SC=C(C(=O)NC2CC2)N1C. The van der Waals surface area contributed by atoms with Crippen molar-refractivity contribution in [1.82, 2.24) is 10.2 Å². The zero-order valence-corrected chi connectivity index (χ0v) is 9.43. The van der Waals surface area contributed by atoms with E-state index in [2.05, 4.69) is 17.1 Å². The molecule has 0 saturated heterocycles. The molecule has 1 aliphatic heterocycles. The highest BCUT2D eigenvalue weighted by molar-refractivity contribution is 8.02. The Bertz CT molecular complexity index is 273. The van der Waals surface area contributed by atoms with Crippen LogP contribution in [0, 0.1) is 0 Å². The lowest BCUT2D eigenvalue weighted by Gasteiger charge is -2.22. The number of thioether (sulfide) groups is 1. The van der Waals surface area contributed by atoms with E-state index in [0.717, 1.165) is 25.0 Å². The smallest absolute Gasteiger partial charge is 0.268 e. The fraction of sp³-hybridized carbons (Fsp3) is 0.700. The molecule has 3 nitrogen and oxygen atoms in total. The number of hydrogen-bond donors (Lipinski definition) is 1. The van der Waals surface area contributed by atoms with Crippen molar-refractivity contribution < 1.29 is 4.79 Å². The predicted octanol–water partition coefficient (Wildman–Crippen LogP) is 1.52. The maximum absolute atomic E-state index is 11.7. The van der Waals surface area contributed by atoms with Crippen molar-refractivity contribution in [1.29, 1.82) is 0 Å². The normalized spacial score (nSPS) is 26.3. The predicted molar refractivity (Wildman–Crippen MR) is 58.7 cm³/mol. The van der Waals surface area contributed by atoms with Gasteiger partial charge in [-0.3, -0.25) is 4.79 Å². The van der Waals surface area contributed by atoms with Gasteiger partial charge in [0.15, 0.2) is 0 Å². The molecular weight excluding hydrogens is 196 g/mol. The Morgan fingerprint density at radius 2 is 2.43 bits per heavy atom. The average molecular weight is 212 g/mol. The summed E-state index contributed by atoms with van der Waals surface area (Å²) in [6.07, 6.45) is 3.36. The molecule has 1 heterocycles. The monoisotopic (exact) mass is 212 g/mol. The number of carbonyl (C=O) groups excluding carboxylic acids is 1. The summed E-state index contributed by atoms with van der Waals surface area (Å²) in [6.45, 7) is 2.14. The Labute approximate surface area is 88.9 Å². The molecule has 1 unspecified atom stereocenters. The molecule has 2 rings (SSSR count). The van der Waals surface area contributed by atoms with Crippen molar-refractivity contribution in [2.45, 2.75) is 37.6 Å². The van der Waals surface area contributed by atoms with Crippen molar-refractivity contribution in [2.75, 3.05) is 7.05 Å². The summed E-state index contributed by atoms with van der Waals surface area (Å²) in [7, 11) is 1.99. The van der Waals surface area contributed by atoms with Crippen LogP contribution in [0.5, 0.6) is 0 Å². The first-order chi connectivity index (χ1) is 6.72. The van der Waals surface area contributed by atoms with E-state index in [1.807, 2.05) is 12.5 Å². The van der Waals surface area contributed by atoms with E-state index in [4.69, 9.17) is 0 Å². The highest BCUT2D eigenvalue weighted by Gasteiger charge is 2.30. The highest BCUT2D eigenvalue weighted by Crippen LogP contribution is 2.31. The van der Waals surface area contributed by atoms with Crippen LogP contribution in [0.15, 0.2) is 11.1 Å². The van der Waals surface area contributed by atoms with E-state index in [1.165, 1.54) is 0 Å². The van der Waals surface area contributed by atoms with Crippen molar-refractivity contribution >= 4 is 17.7 Å². The van der Waals surface area contributed by atoms with Crippen LogP contribution in [0.25, 0.3) is 0 Å². The van der Waals surface area contributed by atoms with Gasteiger partial charge in [0.1, 0.15) is 5.70 Å². The molecular formula is C10H16N2OS. The Balaban J connectivity index is 1.93. The van der Waals surface area contributed by atoms with E-state index >= 15 is 0 Å². The molecule has 1 N–H and O–H groups in total. The number of carbonyl (C=O) groups is 1. The van der Waals surface area contributed by atoms with Crippen LogP contribution >= 0.6 is 11.8 Å². The van der Waals surface area contributed by atoms with Gasteiger partial charge in [0, 0.05) is 18.5 Å². The fourth-order valence-electron chi connectivity index (χ4n) is 1.54. The zero-order valence-electron chi connectivity index (χ0n) is 8.62. The lowest BCUT2D eigenvalue weighted by Crippen LogP contribution is -2.35. The number of amides is 1. The average Bonchev–Trinajstić information content (AvgIpc) is 2.88. The third kappa shape index (κ3) is 1.90. The van der Waals surface area contributed by atoms with Crippen molar-refractivity contribution in [3.05, 3.63) is 11.1 Å². The van der Waals surface area contributed by atoms with Crippen LogP contribution in [0.3, 0.4) is 0 Å². The fourth-order valence-corrected chi connectivity index (χ4v) is 2.59. The molecule has 0 aromatic rings. The van der Waals surface area contributed by atoms with Gasteiger partial charge < -0.3 is 10.2 Å². The van der Waals surface area contributed by atoms with Gasteiger partial charge >= 0.3 is 0 Å². The molecule has 2 aliphatic rings. The van der Waals surface area contributed by atoms with Gasteiger partial charge in [-0.1, -0.05) is 6.92 Å². The third-order valence-electron chi connectivity index (χ3n) is 2.64. The minimum Gasteiger partial charge on any atom is -0.357 e. The number of nitrogens with one attached hydrogen (secondary N) is 1. The number of rotatable bonds is 3. The number of likely N-dealkylation sites (N-methyl/N-ethyl adjacent to an activating group) is 1. The minimum absolute atomic E-state index is 0.0958. The van der Waals surface area contributed by atoms with Gasteiger partial charge in [0.25, 0.3) is 5.91 Å². The lowest BCUT2D eigenvalue weighted by atomic mass is 10.3. The second-order valence-electron chi connectivity index (χ2n) is 3.86. The van der Waals surface area contributed by atoms with E-state index in [9.17, 15) is 4.79 Å². The van der Waals surface area contributed by atoms with Gasteiger partial charge in [-0.25, -0.2) is 0 Å². The van der Waals surface area contributed by atoms with Crippen molar-refractivity contribution in [2.24, 2.45) is 0 Å². The topological polar surface area (TPSA) is 32.3 Å². The third-order valence-corrected chi connectivity index (χ3v) is 3.97. The first kappa shape index (κ1) is 9.90. The molecule has 0 aromatic carbocycles. The first-order valence-corrected chi connectivity index (χ1v) is 6.06. The highest BCUT2D eigenvalue weighted by atomic mass is 32.2. The standard InChI is InChI=1S/C10H16N2OS/c1-3-9-12(2)8(6-14-9)10(13)11-7-4-5-7/h6-7,9H,3-5H2,1-2H3,(H,11,13). The quantitative estimate of drug-likeness (QED) is 0.770. The Kier molecular flexibility index (Phi) is 2.72. The summed E-state index contributed by atoms with van der Waals surface area (Å²) in [5.74, 6) is 0.0958. The lowest BCUT2D eigenvalue weighted by molar-refractivity contribution is -0.119. The van der Waals surface area contributed by atoms with E-state index in [0.29, 0.717) is 11.4 Å². The first-order valence-electron chi connectivity index (χ1n) is 5.11. The molecule has 1 fully saturated rings. The Morgan fingerprint density at radius 1 is 1.71 bits per heavy atom. The van der Waals surface area contributed by atoms with Crippen molar-refractivity contribution in [3.63, 3.8) is 0 Å². The van der Waals surface area contributed by atoms with Gasteiger partial charge in [-0.15, -0.1) is 11.8 Å². The van der Waals surface area contributed by atoms with Gasteiger partial charge in [0.05, 0.1) is 5.37 Å². The largest absolute Gasteiger partial charge is 0.357 e. The molecule has 14 heavy (non-hydrogen) atoms. The zero-order chi connectivity index (χ0) is 10.1. The molecule has 4 heteroatoms. The Hall–Kier alpha value is -0.640. The van der Waals surface area contributed by atoms with Crippen LogP contribution in [0.4, 0.5) is 0 Å². The van der Waals surface area contributed by atoms with Crippen molar-refractivity contribution in [3.8, 4) is 0 Å². The summed E-state index contributed by atoms with van der Waals surface area (Å²) < 4.78 is 0. The van der Waals surface area contributed by atoms with Gasteiger partial charge in [0.2, 0.25) is 0 Å². The summed E-state index contributed by atoms with van der Waals surface area (Å²) in [6, 6.07) is 0.447. The van der Waals surface area contributed by atoms with Crippen LogP contribution < -0.4 is 5.32 Å². The van der Waals surface area contributed by atoms with Gasteiger partial charge in [-0.2, -0.15) is 0 Å². The van der Waals surface area contributed by atoms with E-state index in [-0.39, 0.29) is 5.91 Å². The molecule has 78 valence electrons. The number of nitrogens with zero attached hydrogens (tertiary/aromatic N) is 1. The minimum atomic E-state index is 0.0958. The maximum Gasteiger partial charge on any atom is 0.268 e. The van der Waals surface area contributed by atoms with E-state index in [1.54, 1.807) is 11.8 Å². The molecule has 0 aromatic heterocycles. The second-order valence-corrected chi connectivity index (χ2v) is 4.91. The van der Waals surface area contributed by atoms with Gasteiger partial charge in [-0.05, 0) is 19.3 Å². The number of hydrogen-bond acceptors (Lipinski definition) is 3. The summed E-state index contributed by atoms with van der Waals surface area (Å²) >= 11 is 1.74. The molecule has 1 saturated carbocycles. The van der Waals surface area contributed by atoms with Crippen LogP contribution in [0.1, 0.15) is 26.2 Å². The van der Waals surface area contributed by atoms with E-state index < -0.39 is 0 Å². The summed E-state index contributed by atoms with van der Waals surface area (Å²) in [5.41, 5.74) is 0.828. The summed E-state index contributed by atoms with van der Waals surface area (Å²) in [5, 5.41) is 5.43. The molecule has 1 atom stereocenters. The molecule has 0 bridgehead atoms. The van der Waals surface area contributed by atoms with Crippen LogP contribution in [-0.2, 0) is 4.79 Å². The van der Waals surface area contributed by atoms with Crippen LogP contribution in [0.2, 0.25) is 0 Å². The molecule has 0 spiro atoms. The molecule has 1 amide bonds. The maximum atomic E-state index is 11.7. The summed E-state index contributed by atoms with van der Waals surface area (Å²) in [4.78, 5) is 13.8.